The van der Waals surface area contributed by atoms with Gasteiger partial charge in [0, 0.05) is 13.1 Å². The number of aromatic nitrogens is 1. The highest BCUT2D eigenvalue weighted by Gasteiger charge is 2.20. The maximum atomic E-state index is 11.0. The van der Waals surface area contributed by atoms with E-state index in [2.05, 4.69) is 16.8 Å². The number of hydrogen-bond donors (Lipinski definition) is 1. The van der Waals surface area contributed by atoms with E-state index in [0.29, 0.717) is 11.3 Å². The van der Waals surface area contributed by atoms with Crippen molar-refractivity contribution in [1.29, 1.82) is 0 Å². The SMILES string of the molecule is CCC1CCCN(c2ccc(C(=O)O)c(C)n2)C1. The maximum Gasteiger partial charge on any atom is 0.337 e. The molecular weight excluding hydrogens is 228 g/mol. The molecule has 1 atom stereocenters. The Hall–Kier alpha value is -1.58. The van der Waals surface area contributed by atoms with E-state index in [1.165, 1.54) is 19.3 Å². The number of carboxylic acid groups (broad SMARTS) is 1. The fraction of sp³-hybridized carbons (Fsp3) is 0.571. The van der Waals surface area contributed by atoms with Crippen LogP contribution in [0.1, 0.15) is 42.2 Å². The first-order valence-corrected chi connectivity index (χ1v) is 6.57. The summed E-state index contributed by atoms with van der Waals surface area (Å²) < 4.78 is 0. The highest BCUT2D eigenvalue weighted by Crippen LogP contribution is 2.24. The topological polar surface area (TPSA) is 53.4 Å². The van der Waals surface area contributed by atoms with Gasteiger partial charge in [0.25, 0.3) is 0 Å². The molecule has 2 rings (SSSR count). The number of carbonyl (C=O) groups is 1. The van der Waals surface area contributed by atoms with E-state index in [-0.39, 0.29) is 0 Å². The van der Waals surface area contributed by atoms with Gasteiger partial charge in [0.1, 0.15) is 5.82 Å². The zero-order chi connectivity index (χ0) is 13.1. The lowest BCUT2D eigenvalue weighted by Crippen LogP contribution is -2.35. The molecule has 4 nitrogen and oxygen atoms in total. The molecule has 0 amide bonds. The van der Waals surface area contributed by atoms with Crippen LogP contribution in [0.2, 0.25) is 0 Å². The van der Waals surface area contributed by atoms with E-state index in [1.807, 2.05) is 6.07 Å². The van der Waals surface area contributed by atoms with Gasteiger partial charge in [-0.3, -0.25) is 0 Å². The molecule has 0 saturated carbocycles. The molecule has 0 bridgehead atoms. The van der Waals surface area contributed by atoms with E-state index in [1.54, 1.807) is 13.0 Å². The minimum Gasteiger partial charge on any atom is -0.478 e. The Morgan fingerprint density at radius 3 is 2.94 bits per heavy atom. The van der Waals surface area contributed by atoms with E-state index < -0.39 is 5.97 Å². The molecule has 0 aromatic carbocycles. The van der Waals surface area contributed by atoms with Gasteiger partial charge >= 0.3 is 5.97 Å². The van der Waals surface area contributed by atoms with Crippen molar-refractivity contribution in [3.63, 3.8) is 0 Å². The lowest BCUT2D eigenvalue weighted by Gasteiger charge is -2.33. The predicted octanol–water partition coefficient (Wildman–Crippen LogP) is 2.71. The zero-order valence-electron chi connectivity index (χ0n) is 11.0. The van der Waals surface area contributed by atoms with Gasteiger partial charge in [0.15, 0.2) is 0 Å². The third-order valence-corrected chi connectivity index (χ3v) is 3.72. The van der Waals surface area contributed by atoms with Crippen LogP contribution in [0, 0.1) is 12.8 Å². The highest BCUT2D eigenvalue weighted by atomic mass is 16.4. The third kappa shape index (κ3) is 2.63. The molecule has 18 heavy (non-hydrogen) atoms. The molecule has 1 saturated heterocycles. The Morgan fingerprint density at radius 2 is 2.33 bits per heavy atom. The highest BCUT2D eigenvalue weighted by molar-refractivity contribution is 5.89. The largest absolute Gasteiger partial charge is 0.478 e. The van der Waals surface area contributed by atoms with Crippen LogP contribution in [-0.2, 0) is 0 Å². The molecule has 2 heterocycles. The van der Waals surface area contributed by atoms with Crippen LogP contribution < -0.4 is 4.90 Å². The van der Waals surface area contributed by atoms with E-state index >= 15 is 0 Å². The molecule has 0 aliphatic carbocycles. The van der Waals surface area contributed by atoms with Crippen LogP contribution in [0.4, 0.5) is 5.82 Å². The molecule has 98 valence electrons. The average Bonchev–Trinajstić information content (AvgIpc) is 2.38. The first-order valence-electron chi connectivity index (χ1n) is 6.57. The molecule has 1 aromatic heterocycles. The summed E-state index contributed by atoms with van der Waals surface area (Å²) in [7, 11) is 0. The average molecular weight is 248 g/mol. The smallest absolute Gasteiger partial charge is 0.337 e. The molecule has 0 radical (unpaired) electrons. The summed E-state index contributed by atoms with van der Waals surface area (Å²) >= 11 is 0. The standard InChI is InChI=1S/C14H20N2O2/c1-3-11-5-4-8-16(9-11)13-7-6-12(14(17)18)10(2)15-13/h6-7,11H,3-5,8-9H2,1-2H3,(H,17,18). The maximum absolute atomic E-state index is 11.0. The van der Waals surface area contributed by atoms with Crippen LogP contribution in [0.5, 0.6) is 0 Å². The van der Waals surface area contributed by atoms with Gasteiger partial charge in [0.05, 0.1) is 11.3 Å². The number of hydrogen-bond acceptors (Lipinski definition) is 3. The molecule has 0 spiro atoms. The van der Waals surface area contributed by atoms with Gasteiger partial charge in [-0.05, 0) is 37.8 Å². The molecule has 1 unspecified atom stereocenters. The van der Waals surface area contributed by atoms with Crippen LogP contribution in [0.25, 0.3) is 0 Å². The summed E-state index contributed by atoms with van der Waals surface area (Å²) in [6.07, 6.45) is 3.68. The van der Waals surface area contributed by atoms with E-state index in [0.717, 1.165) is 24.8 Å². The summed E-state index contributed by atoms with van der Waals surface area (Å²) in [6, 6.07) is 3.49. The number of anilines is 1. The third-order valence-electron chi connectivity index (χ3n) is 3.72. The van der Waals surface area contributed by atoms with Crippen molar-refractivity contribution in [1.82, 2.24) is 4.98 Å². The van der Waals surface area contributed by atoms with Gasteiger partial charge in [0.2, 0.25) is 0 Å². The Bertz CT molecular complexity index is 445. The van der Waals surface area contributed by atoms with Gasteiger partial charge in [-0.2, -0.15) is 0 Å². The van der Waals surface area contributed by atoms with Crippen molar-refractivity contribution in [2.75, 3.05) is 18.0 Å². The van der Waals surface area contributed by atoms with Crippen molar-refractivity contribution in [3.05, 3.63) is 23.4 Å². The molecule has 1 aromatic rings. The molecule has 1 aliphatic heterocycles. The van der Waals surface area contributed by atoms with Crippen LogP contribution >= 0.6 is 0 Å². The zero-order valence-corrected chi connectivity index (χ0v) is 11.0. The summed E-state index contributed by atoms with van der Waals surface area (Å²) in [6.45, 7) is 6.04. The van der Waals surface area contributed by atoms with Crippen molar-refractivity contribution < 1.29 is 9.90 Å². The number of aryl methyl sites for hydroxylation is 1. The fourth-order valence-electron chi connectivity index (χ4n) is 2.56. The van der Waals surface area contributed by atoms with Crippen LogP contribution in [0.15, 0.2) is 12.1 Å². The lowest BCUT2D eigenvalue weighted by molar-refractivity contribution is 0.0695. The quantitative estimate of drug-likeness (QED) is 0.893. The Morgan fingerprint density at radius 1 is 1.56 bits per heavy atom. The number of aromatic carboxylic acids is 1. The van der Waals surface area contributed by atoms with Crippen molar-refractivity contribution in [2.45, 2.75) is 33.1 Å². The number of nitrogens with zero attached hydrogens (tertiary/aromatic N) is 2. The van der Waals surface area contributed by atoms with E-state index in [9.17, 15) is 4.79 Å². The predicted molar refractivity (Wildman–Crippen MR) is 71.2 cm³/mol. The first kappa shape index (κ1) is 12.9. The Labute approximate surface area is 108 Å². The van der Waals surface area contributed by atoms with Crippen molar-refractivity contribution in [2.24, 2.45) is 5.92 Å². The van der Waals surface area contributed by atoms with Gasteiger partial charge in [-0.1, -0.05) is 13.3 Å². The fourth-order valence-corrected chi connectivity index (χ4v) is 2.56. The first-order chi connectivity index (χ1) is 8.61. The van der Waals surface area contributed by atoms with Crippen LogP contribution in [0.3, 0.4) is 0 Å². The lowest BCUT2D eigenvalue weighted by atomic mass is 9.95. The number of piperidine rings is 1. The summed E-state index contributed by atoms with van der Waals surface area (Å²) in [5, 5.41) is 8.99. The molecule has 1 aliphatic rings. The van der Waals surface area contributed by atoms with E-state index in [4.69, 9.17) is 5.11 Å². The minimum absolute atomic E-state index is 0.294. The van der Waals surface area contributed by atoms with Crippen molar-refractivity contribution >= 4 is 11.8 Å². The molecule has 1 fully saturated rings. The summed E-state index contributed by atoms with van der Waals surface area (Å²) in [4.78, 5) is 17.7. The molecule has 4 heteroatoms. The minimum atomic E-state index is -0.906. The van der Waals surface area contributed by atoms with Gasteiger partial charge < -0.3 is 10.0 Å². The summed E-state index contributed by atoms with van der Waals surface area (Å²) in [5.41, 5.74) is 0.890. The second-order valence-corrected chi connectivity index (χ2v) is 4.97. The molecule has 1 N–H and O–H groups in total. The second-order valence-electron chi connectivity index (χ2n) is 4.97. The van der Waals surface area contributed by atoms with Gasteiger partial charge in [-0.25, -0.2) is 9.78 Å². The number of pyridine rings is 1. The van der Waals surface area contributed by atoms with Gasteiger partial charge in [-0.15, -0.1) is 0 Å². The Balaban J connectivity index is 2.18. The normalized spacial score (nSPS) is 19.9. The Kier molecular flexibility index (Phi) is 3.84. The monoisotopic (exact) mass is 248 g/mol. The van der Waals surface area contributed by atoms with Crippen LogP contribution in [-0.4, -0.2) is 29.1 Å². The number of carboxylic acids is 1. The number of rotatable bonds is 3. The summed E-state index contributed by atoms with van der Waals surface area (Å²) in [5.74, 6) is 0.743. The second kappa shape index (κ2) is 5.38. The van der Waals surface area contributed by atoms with Crippen molar-refractivity contribution in [3.8, 4) is 0 Å². The molecular formula is C14H20N2O2.